The molecule has 0 radical (unpaired) electrons. The van der Waals surface area contributed by atoms with Gasteiger partial charge in [0.2, 0.25) is 23.6 Å². The number of piperidine rings is 4. The number of amides is 11. The molecule has 18 N–H and O–H groups in total. The van der Waals surface area contributed by atoms with Crippen LogP contribution >= 0.6 is 0 Å². The van der Waals surface area contributed by atoms with Crippen molar-refractivity contribution in [3.8, 4) is 0 Å². The van der Waals surface area contributed by atoms with Gasteiger partial charge in [-0.25, -0.2) is 4.79 Å². The minimum Gasteiger partial charge on any atom is -0.474 e. The minimum atomic E-state index is -1.63. The van der Waals surface area contributed by atoms with Crippen molar-refractivity contribution in [2.24, 2.45) is 46.6 Å². The van der Waals surface area contributed by atoms with Crippen molar-refractivity contribution in [3.63, 3.8) is 0 Å². The normalized spacial score (nSPS) is 18.2. The van der Waals surface area contributed by atoms with E-state index in [4.69, 9.17) is 28.0 Å². The van der Waals surface area contributed by atoms with Crippen LogP contribution in [0.15, 0.2) is 147 Å². The Kier molecular flexibility index (Phi) is 31.1. The maximum Gasteiger partial charge on any atom is 0.394 e. The highest BCUT2D eigenvalue weighted by atomic mass is 16.4. The number of nitrogens with one attached hydrogen (secondary N) is 9. The summed E-state index contributed by atoms with van der Waals surface area (Å²) in [7, 11) is 0. The summed E-state index contributed by atoms with van der Waals surface area (Å²) in [6.45, 7) is 19.2. The molecule has 37 heteroatoms. The third-order valence-electron chi connectivity index (χ3n) is 22.4. The predicted molar refractivity (Wildman–Crippen MR) is 478 cm³/mol. The van der Waals surface area contributed by atoms with Gasteiger partial charge in [-0.3, -0.25) is 93.1 Å². The summed E-state index contributed by atoms with van der Waals surface area (Å²) < 4.78 is 0. The van der Waals surface area contributed by atoms with Gasteiger partial charge >= 0.3 is 47.3 Å². The Morgan fingerprint density at radius 1 is 0.339 bits per heavy atom. The molecule has 37 nitrogen and oxygen atoms in total. The molecule has 12 heterocycles. The molecule has 8 aromatic heterocycles. The van der Waals surface area contributed by atoms with Crippen molar-refractivity contribution in [3.05, 3.63) is 214 Å². The molecule has 4 aliphatic rings. The molecule has 0 bridgehead atoms. The SMILES string of the molecule is C.C.Cc1cc([C@@H]2CC[C@@H](C)CN2C(=O)C(=O)Nc2cncc(C(N)=O)c2)cc2cn[nH]c12.Cc1cc([C@H]2CC[C@H](C)CN2)cc2cn[nH]c12.Cc1cc([C@H]2CC[C@H](C)CN2C(=O)C(=O)Nc2cncc(C(N)=O)c2)cc2cn[nH]c12.Cc1cc([C@H]2CC[C@H](C)CN2C(=O)C(=O)Nc2cncc(C(N)=O)c2)cc2cn[nH]c12.NC(=O)c1cncc(NC(=O)C(=O)O)c1. The number of aliphatic carboxylic acids is 1. The predicted octanol–water partition coefficient (Wildman–Crippen LogP) is 10.3. The van der Waals surface area contributed by atoms with E-state index >= 15 is 0 Å². The quantitative estimate of drug-likeness (QED) is 0.0505. The number of primary amides is 4. The largest absolute Gasteiger partial charge is 0.474 e. The van der Waals surface area contributed by atoms with Crippen LogP contribution in [0.2, 0.25) is 0 Å². The molecule has 127 heavy (non-hydrogen) atoms. The van der Waals surface area contributed by atoms with Gasteiger partial charge < -0.3 is 69.3 Å². The van der Waals surface area contributed by atoms with E-state index in [2.05, 4.69) is 129 Å². The van der Waals surface area contributed by atoms with E-state index in [0.29, 0.717) is 25.7 Å². The summed E-state index contributed by atoms with van der Waals surface area (Å²) in [6.07, 6.45) is 25.3. The summed E-state index contributed by atoms with van der Waals surface area (Å²) in [6, 6.07) is 22.0. The van der Waals surface area contributed by atoms with E-state index in [9.17, 15) is 57.5 Å². The van der Waals surface area contributed by atoms with E-state index in [1.165, 1.54) is 103 Å². The number of aromatic amines is 4. The van der Waals surface area contributed by atoms with Crippen LogP contribution in [0.25, 0.3) is 43.6 Å². The number of nitrogens with zero attached hydrogens (tertiary/aromatic N) is 11. The fourth-order valence-corrected chi connectivity index (χ4v) is 16.0. The van der Waals surface area contributed by atoms with E-state index in [1.54, 1.807) is 33.3 Å². The first kappa shape index (κ1) is 94.2. The van der Waals surface area contributed by atoms with Crippen LogP contribution in [0, 0.1) is 51.4 Å². The van der Waals surface area contributed by atoms with Gasteiger partial charge in [0.05, 0.1) is 135 Å². The fraction of sp³-hybridized carbons (Fsp3) is 0.333. The van der Waals surface area contributed by atoms with Gasteiger partial charge in [0.15, 0.2) is 0 Å². The van der Waals surface area contributed by atoms with Crippen LogP contribution in [0.4, 0.5) is 22.7 Å². The third kappa shape index (κ3) is 23.3. The number of likely N-dealkylation sites (tertiary alicyclic amines) is 3. The Morgan fingerprint density at radius 3 is 0.858 bits per heavy atom. The van der Waals surface area contributed by atoms with Crippen LogP contribution < -0.4 is 49.5 Å². The monoisotopic (exact) mass is 1730 g/mol. The number of hydrogen-bond acceptors (Lipinski definition) is 21. The van der Waals surface area contributed by atoms with Gasteiger partial charge in [0, 0.05) is 72.0 Å². The number of rotatable bonds is 12. The van der Waals surface area contributed by atoms with E-state index in [0.717, 1.165) is 123 Å². The number of carboxylic acids is 1. The van der Waals surface area contributed by atoms with Crippen molar-refractivity contribution in [2.45, 2.75) is 146 Å². The Bertz CT molecular complexity index is 5670. The molecule has 4 aromatic carbocycles. The maximum absolute atomic E-state index is 13.1. The Balaban J connectivity index is 0.000000169. The molecule has 11 amide bonds. The van der Waals surface area contributed by atoms with Crippen molar-refractivity contribution in [2.75, 3.05) is 47.4 Å². The highest BCUT2D eigenvalue weighted by molar-refractivity contribution is 6.41. The lowest BCUT2D eigenvalue weighted by atomic mass is 9.88. The zero-order valence-electron chi connectivity index (χ0n) is 70.0. The molecule has 0 aliphatic carbocycles. The summed E-state index contributed by atoms with van der Waals surface area (Å²) in [5, 5.41) is 54.2. The van der Waals surface area contributed by atoms with Gasteiger partial charge in [-0.1, -0.05) is 66.8 Å². The molecule has 8 atom stereocenters. The second-order valence-electron chi connectivity index (χ2n) is 32.2. The molecule has 0 saturated carbocycles. The number of carbonyl (C=O) groups excluding carboxylic acids is 11. The molecule has 0 spiro atoms. The number of carboxylic acid groups (broad SMARTS) is 1. The van der Waals surface area contributed by atoms with Crippen LogP contribution in [-0.2, 0) is 38.4 Å². The van der Waals surface area contributed by atoms with Gasteiger partial charge in [-0.2, -0.15) is 20.4 Å². The number of nitrogens with two attached hydrogens (primary N) is 4. The average Bonchev–Trinajstić information content (AvgIpc) is 1.38. The van der Waals surface area contributed by atoms with Gasteiger partial charge in [0.1, 0.15) is 0 Å². The smallest absolute Gasteiger partial charge is 0.394 e. The van der Waals surface area contributed by atoms with Crippen LogP contribution in [-0.4, -0.2) is 178 Å². The molecule has 12 aromatic rings. The molecule has 664 valence electrons. The maximum atomic E-state index is 13.1. The molecular weight excluding hydrogens is 1630 g/mol. The van der Waals surface area contributed by atoms with Crippen molar-refractivity contribution >= 4 is 137 Å². The lowest BCUT2D eigenvalue weighted by molar-refractivity contribution is -0.147. The molecule has 0 unspecified atom stereocenters. The third-order valence-corrected chi connectivity index (χ3v) is 22.4. The molecule has 16 rings (SSSR count). The number of aromatic nitrogens is 12. The Morgan fingerprint density at radius 2 is 0.598 bits per heavy atom. The summed E-state index contributed by atoms with van der Waals surface area (Å²) >= 11 is 0. The number of benzene rings is 4. The first-order valence-electron chi connectivity index (χ1n) is 40.6. The molecule has 4 fully saturated rings. The molecule has 4 aliphatic heterocycles. The van der Waals surface area contributed by atoms with Crippen LogP contribution in [0.5, 0.6) is 0 Å². The van der Waals surface area contributed by atoms with Gasteiger partial charge in [-0.05, 0) is 202 Å². The number of carbonyl (C=O) groups is 12. The number of fused-ring (bicyclic) bond motifs is 4. The number of pyridine rings is 4. The van der Waals surface area contributed by atoms with Crippen LogP contribution in [0.1, 0.15) is 204 Å². The van der Waals surface area contributed by atoms with Gasteiger partial charge in [0.25, 0.3) is 0 Å². The van der Waals surface area contributed by atoms with E-state index < -0.39 is 70.9 Å². The summed E-state index contributed by atoms with van der Waals surface area (Å²) in [4.78, 5) is 164. The minimum absolute atomic E-state index is 0. The lowest BCUT2D eigenvalue weighted by Crippen LogP contribution is -2.46. The Hall–Kier alpha value is -15.0. The lowest BCUT2D eigenvalue weighted by Gasteiger charge is -2.38. The van der Waals surface area contributed by atoms with Crippen molar-refractivity contribution in [1.29, 1.82) is 0 Å². The highest BCUT2D eigenvalue weighted by Crippen LogP contribution is 2.40. The van der Waals surface area contributed by atoms with Crippen molar-refractivity contribution < 1.29 is 62.6 Å². The number of hydrogen-bond donors (Lipinski definition) is 14. The number of H-pyrrole nitrogens is 4. The zero-order valence-corrected chi connectivity index (χ0v) is 70.0. The van der Waals surface area contributed by atoms with Crippen LogP contribution in [0.3, 0.4) is 0 Å². The van der Waals surface area contributed by atoms with Crippen molar-refractivity contribution in [1.82, 2.24) is 80.7 Å². The number of anilines is 4. The summed E-state index contributed by atoms with van der Waals surface area (Å²) in [5.74, 6) is -8.06. The number of aryl methyl sites for hydroxylation is 4. The van der Waals surface area contributed by atoms with E-state index in [-0.39, 0.29) is 95.7 Å². The molecular formula is C90H106N24O13. The summed E-state index contributed by atoms with van der Waals surface area (Å²) in [5.41, 5.74) is 34.9. The Labute approximate surface area is 730 Å². The standard InChI is InChI=1S/3C22H24N6O3.C14H19N3.C8H7N3O4.2CH4/c3*1-12-3-4-18(14-5-13(2)19-15(6-14)9-25-27-19)28(11-12)22(31)21(30)26-17-7-16(20(23)29)8-24-10-17;1-9-3-4-13(15-7-9)11-5-10(2)14-12(6-11)8-16-17-14;9-6(12)4-1-5(3-10-2-4)11-7(13)8(14)15;;/h3*5-10,12,18H,3-4,11H2,1-2H3,(H2,23,29)(H,25,27)(H,26,30);5-6,8-9,13,15H,3-4,7H2,1-2H3,(H,16,17);1-3H,(H2,9,12)(H,11,13)(H,14,15);2*1H4/t3*12-,18+;9-,13+;;;/m1000.../s1. The highest BCUT2D eigenvalue weighted by Gasteiger charge is 2.39. The van der Waals surface area contributed by atoms with E-state index in [1.807, 2.05) is 68.7 Å². The first-order valence-corrected chi connectivity index (χ1v) is 40.6. The molecule has 4 saturated heterocycles. The zero-order chi connectivity index (χ0) is 89.6. The second-order valence-corrected chi connectivity index (χ2v) is 32.2. The average molecular weight is 1730 g/mol. The fourth-order valence-electron chi connectivity index (χ4n) is 16.0. The topological polar surface area (TPSA) is 565 Å². The van der Waals surface area contributed by atoms with Gasteiger partial charge in [-0.15, -0.1) is 0 Å². The first-order chi connectivity index (χ1) is 59.7. The second kappa shape index (κ2) is 41.9.